The first-order valence-corrected chi connectivity index (χ1v) is 6.93. The van der Waals surface area contributed by atoms with Crippen molar-refractivity contribution in [2.45, 2.75) is 32.6 Å². The van der Waals surface area contributed by atoms with Crippen LogP contribution in [0.1, 0.15) is 31.4 Å². The Hall–Kier alpha value is -2.18. The van der Waals surface area contributed by atoms with Crippen LogP contribution in [0.25, 0.3) is 0 Å². The number of aromatic nitrogens is 2. The largest absolute Gasteiger partial charge is 0.481 e. The number of carboxylic acids is 1. The molecule has 1 aromatic rings. The summed E-state index contributed by atoms with van der Waals surface area (Å²) in [6.07, 6.45) is 2.43. The van der Waals surface area contributed by atoms with Gasteiger partial charge in [0.05, 0.1) is 13.0 Å². The zero-order valence-electron chi connectivity index (χ0n) is 12.1. The molecule has 2 atom stereocenters. The molecule has 2 rings (SSSR count). The number of hydrogen-bond acceptors (Lipinski definition) is 5. The maximum atomic E-state index is 12.2. The summed E-state index contributed by atoms with van der Waals surface area (Å²) in [6, 6.07) is 1.66. The zero-order chi connectivity index (χ0) is 15.4. The lowest BCUT2D eigenvalue weighted by atomic mass is 9.81. The SMILES string of the molecule is COc1cc(C)nc(NC(=O)C2CCCC(C(=O)O)C2)n1. The van der Waals surface area contributed by atoms with Crippen LogP contribution in [0.5, 0.6) is 5.88 Å². The molecule has 1 aliphatic rings. The molecule has 0 radical (unpaired) electrons. The summed E-state index contributed by atoms with van der Waals surface area (Å²) in [5.41, 5.74) is 0.684. The average Bonchev–Trinajstić information content (AvgIpc) is 2.46. The third-order valence-corrected chi connectivity index (χ3v) is 3.67. The lowest BCUT2D eigenvalue weighted by molar-refractivity contribution is -0.143. The molecular weight excluding hydrogens is 274 g/mol. The summed E-state index contributed by atoms with van der Waals surface area (Å²) in [6.45, 7) is 1.78. The highest BCUT2D eigenvalue weighted by Crippen LogP contribution is 2.30. The van der Waals surface area contributed by atoms with Crippen molar-refractivity contribution in [3.63, 3.8) is 0 Å². The number of rotatable bonds is 4. The lowest BCUT2D eigenvalue weighted by Gasteiger charge is -2.25. The van der Waals surface area contributed by atoms with E-state index in [-0.39, 0.29) is 17.8 Å². The standard InChI is InChI=1S/C14H19N3O4/c1-8-6-11(21-2)16-14(15-8)17-12(18)9-4-3-5-10(7-9)13(19)20/h6,9-10H,3-5,7H2,1-2H3,(H,19,20)(H,15,16,17,18). The van der Waals surface area contributed by atoms with Crippen LogP contribution in [0, 0.1) is 18.8 Å². The van der Waals surface area contributed by atoms with E-state index in [1.807, 2.05) is 0 Å². The second kappa shape index (κ2) is 6.51. The molecule has 2 unspecified atom stereocenters. The molecule has 0 saturated heterocycles. The van der Waals surface area contributed by atoms with Crippen molar-refractivity contribution < 1.29 is 19.4 Å². The Bertz CT molecular complexity index is 547. The lowest BCUT2D eigenvalue weighted by Crippen LogP contribution is -2.31. The minimum absolute atomic E-state index is 0.189. The van der Waals surface area contributed by atoms with Crippen molar-refractivity contribution in [2.75, 3.05) is 12.4 Å². The molecule has 21 heavy (non-hydrogen) atoms. The van der Waals surface area contributed by atoms with Gasteiger partial charge in [0, 0.05) is 17.7 Å². The minimum Gasteiger partial charge on any atom is -0.481 e. The molecule has 7 nitrogen and oxygen atoms in total. The van der Waals surface area contributed by atoms with Crippen LogP contribution in [0.2, 0.25) is 0 Å². The first kappa shape index (κ1) is 15.2. The summed E-state index contributed by atoms with van der Waals surface area (Å²) in [5.74, 6) is -1.24. The summed E-state index contributed by atoms with van der Waals surface area (Å²) in [7, 11) is 1.49. The number of carbonyl (C=O) groups is 2. The average molecular weight is 293 g/mol. The maximum absolute atomic E-state index is 12.2. The van der Waals surface area contributed by atoms with Gasteiger partial charge in [0.1, 0.15) is 0 Å². The summed E-state index contributed by atoms with van der Waals surface area (Å²) < 4.78 is 5.03. The number of nitrogens with one attached hydrogen (secondary N) is 1. The molecule has 1 amide bonds. The normalized spacial score (nSPS) is 21.6. The Labute approximate surface area is 122 Å². The third kappa shape index (κ3) is 3.90. The smallest absolute Gasteiger partial charge is 0.306 e. The van der Waals surface area contributed by atoms with Crippen LogP contribution >= 0.6 is 0 Å². The van der Waals surface area contributed by atoms with Crippen LogP contribution in [0.3, 0.4) is 0 Å². The van der Waals surface area contributed by atoms with E-state index in [1.165, 1.54) is 7.11 Å². The molecule has 7 heteroatoms. The van der Waals surface area contributed by atoms with Gasteiger partial charge in [0.2, 0.25) is 17.7 Å². The number of nitrogens with zero attached hydrogens (tertiary/aromatic N) is 2. The van der Waals surface area contributed by atoms with Gasteiger partial charge in [-0.15, -0.1) is 0 Å². The molecule has 1 aliphatic carbocycles. The van der Waals surface area contributed by atoms with Crippen LogP contribution in [-0.4, -0.2) is 34.1 Å². The first-order chi connectivity index (χ1) is 9.99. The number of hydrogen-bond donors (Lipinski definition) is 2. The monoisotopic (exact) mass is 293 g/mol. The van der Waals surface area contributed by atoms with Gasteiger partial charge in [-0.3, -0.25) is 14.9 Å². The highest BCUT2D eigenvalue weighted by Gasteiger charge is 2.31. The van der Waals surface area contributed by atoms with E-state index in [0.29, 0.717) is 30.8 Å². The van der Waals surface area contributed by atoms with Crippen molar-refractivity contribution in [1.29, 1.82) is 0 Å². The molecule has 0 aliphatic heterocycles. The van der Waals surface area contributed by atoms with E-state index in [0.717, 1.165) is 6.42 Å². The Morgan fingerprint density at radius 2 is 2.05 bits per heavy atom. The zero-order valence-corrected chi connectivity index (χ0v) is 12.1. The van der Waals surface area contributed by atoms with Gasteiger partial charge in [-0.05, 0) is 26.2 Å². The summed E-state index contributed by atoms with van der Waals surface area (Å²) in [4.78, 5) is 31.4. The third-order valence-electron chi connectivity index (χ3n) is 3.67. The van der Waals surface area contributed by atoms with Crippen LogP contribution < -0.4 is 10.1 Å². The molecule has 0 bridgehead atoms. The van der Waals surface area contributed by atoms with Crippen molar-refractivity contribution in [1.82, 2.24) is 9.97 Å². The van der Waals surface area contributed by atoms with Gasteiger partial charge in [-0.2, -0.15) is 4.98 Å². The number of carboxylic acid groups (broad SMARTS) is 1. The fourth-order valence-electron chi connectivity index (χ4n) is 2.56. The molecule has 0 aromatic carbocycles. The van der Waals surface area contributed by atoms with Crippen molar-refractivity contribution in [3.05, 3.63) is 11.8 Å². The van der Waals surface area contributed by atoms with E-state index in [4.69, 9.17) is 9.84 Å². The van der Waals surface area contributed by atoms with Crippen LogP contribution in [0.15, 0.2) is 6.07 Å². The highest BCUT2D eigenvalue weighted by atomic mass is 16.5. The van der Waals surface area contributed by atoms with Gasteiger partial charge in [-0.1, -0.05) is 6.42 Å². The van der Waals surface area contributed by atoms with Gasteiger partial charge < -0.3 is 9.84 Å². The number of amides is 1. The number of carbonyl (C=O) groups excluding carboxylic acids is 1. The summed E-state index contributed by atoms with van der Waals surface area (Å²) in [5, 5.41) is 11.7. The van der Waals surface area contributed by atoms with E-state index in [9.17, 15) is 9.59 Å². The molecule has 1 fully saturated rings. The highest BCUT2D eigenvalue weighted by molar-refractivity contribution is 5.91. The molecule has 1 aromatic heterocycles. The van der Waals surface area contributed by atoms with Crippen LogP contribution in [-0.2, 0) is 9.59 Å². The van der Waals surface area contributed by atoms with Gasteiger partial charge in [0.25, 0.3) is 0 Å². The topological polar surface area (TPSA) is 101 Å². The van der Waals surface area contributed by atoms with Gasteiger partial charge in [0.15, 0.2) is 0 Å². The molecule has 2 N–H and O–H groups in total. The fraction of sp³-hybridized carbons (Fsp3) is 0.571. The van der Waals surface area contributed by atoms with Crippen molar-refractivity contribution in [2.24, 2.45) is 11.8 Å². The van der Waals surface area contributed by atoms with Crippen LogP contribution in [0.4, 0.5) is 5.95 Å². The van der Waals surface area contributed by atoms with E-state index >= 15 is 0 Å². The Morgan fingerprint density at radius 3 is 2.71 bits per heavy atom. The number of aliphatic carboxylic acids is 1. The minimum atomic E-state index is -0.832. The number of methoxy groups -OCH3 is 1. The second-order valence-corrected chi connectivity index (χ2v) is 5.26. The first-order valence-electron chi connectivity index (χ1n) is 6.93. The van der Waals surface area contributed by atoms with Gasteiger partial charge >= 0.3 is 5.97 Å². The van der Waals surface area contributed by atoms with E-state index < -0.39 is 11.9 Å². The maximum Gasteiger partial charge on any atom is 0.306 e. The molecular formula is C14H19N3O4. The molecule has 1 saturated carbocycles. The molecule has 1 heterocycles. The number of anilines is 1. The van der Waals surface area contributed by atoms with E-state index in [1.54, 1.807) is 13.0 Å². The predicted molar refractivity (Wildman–Crippen MR) is 75.0 cm³/mol. The molecule has 114 valence electrons. The van der Waals surface area contributed by atoms with Crippen molar-refractivity contribution in [3.8, 4) is 5.88 Å². The quantitative estimate of drug-likeness (QED) is 0.874. The fourth-order valence-corrected chi connectivity index (χ4v) is 2.56. The van der Waals surface area contributed by atoms with Gasteiger partial charge in [-0.25, -0.2) is 4.98 Å². The molecule has 0 spiro atoms. The Morgan fingerprint density at radius 1 is 1.33 bits per heavy atom. The Kier molecular flexibility index (Phi) is 4.72. The second-order valence-electron chi connectivity index (χ2n) is 5.26. The number of ether oxygens (including phenoxy) is 1. The summed E-state index contributed by atoms with van der Waals surface area (Å²) >= 11 is 0. The van der Waals surface area contributed by atoms with Crippen molar-refractivity contribution >= 4 is 17.8 Å². The number of aryl methyl sites for hydroxylation is 1. The van der Waals surface area contributed by atoms with E-state index in [2.05, 4.69) is 15.3 Å². The predicted octanol–water partition coefficient (Wildman–Crippen LogP) is 1.62. The Balaban J connectivity index is 2.04.